The average Bonchev–Trinajstić information content (AvgIpc) is 2.94. The Morgan fingerprint density at radius 3 is 2.82 bits per heavy atom. The highest BCUT2D eigenvalue weighted by Crippen LogP contribution is 2.25. The number of carbonyl (C=O) groups is 1. The molecule has 0 saturated heterocycles. The lowest BCUT2D eigenvalue weighted by Gasteiger charge is -2.08. The summed E-state index contributed by atoms with van der Waals surface area (Å²) in [6.07, 6.45) is 0. The molecule has 22 heavy (non-hydrogen) atoms. The Balaban J connectivity index is 1.90. The SMILES string of the molecule is COc1ccc2[nH]c(C(=O)Nc3cccc(Cl)c3C)cc2c1. The summed E-state index contributed by atoms with van der Waals surface area (Å²) in [6, 6.07) is 12.8. The number of H-pyrrole nitrogens is 1. The number of nitrogens with one attached hydrogen (secondary N) is 2. The number of aromatic nitrogens is 1. The van der Waals surface area contributed by atoms with E-state index < -0.39 is 0 Å². The van der Waals surface area contributed by atoms with E-state index in [1.165, 1.54) is 0 Å². The summed E-state index contributed by atoms with van der Waals surface area (Å²) in [5, 5.41) is 4.42. The summed E-state index contributed by atoms with van der Waals surface area (Å²) >= 11 is 6.07. The number of ether oxygens (including phenoxy) is 1. The smallest absolute Gasteiger partial charge is 0.272 e. The summed E-state index contributed by atoms with van der Waals surface area (Å²) in [6.45, 7) is 1.87. The Morgan fingerprint density at radius 1 is 1.23 bits per heavy atom. The molecule has 0 saturated carbocycles. The number of anilines is 1. The number of aromatic amines is 1. The molecule has 4 nitrogen and oxygen atoms in total. The Hall–Kier alpha value is -2.46. The fraction of sp³-hybridized carbons (Fsp3) is 0.118. The highest BCUT2D eigenvalue weighted by molar-refractivity contribution is 6.31. The number of carbonyl (C=O) groups excluding carboxylic acids is 1. The summed E-state index contributed by atoms with van der Waals surface area (Å²) < 4.78 is 5.19. The van der Waals surface area contributed by atoms with Crippen molar-refractivity contribution in [3.8, 4) is 5.75 Å². The highest BCUT2D eigenvalue weighted by atomic mass is 35.5. The second-order valence-corrected chi connectivity index (χ2v) is 5.41. The maximum absolute atomic E-state index is 12.4. The molecule has 0 unspecified atom stereocenters. The standard InChI is InChI=1S/C17H15ClN2O2/c1-10-13(18)4-3-5-14(10)20-17(21)16-9-11-8-12(22-2)6-7-15(11)19-16/h3-9,19H,1-2H3,(H,20,21). The molecule has 5 heteroatoms. The maximum atomic E-state index is 12.4. The molecule has 0 aliphatic carbocycles. The van der Waals surface area contributed by atoms with Gasteiger partial charge >= 0.3 is 0 Å². The molecule has 1 aromatic heterocycles. The van der Waals surface area contributed by atoms with Crippen LogP contribution in [-0.2, 0) is 0 Å². The van der Waals surface area contributed by atoms with Gasteiger partial charge < -0.3 is 15.0 Å². The molecule has 0 spiro atoms. The molecule has 0 atom stereocenters. The molecular formula is C17H15ClN2O2. The van der Waals surface area contributed by atoms with Crippen LogP contribution in [0.1, 0.15) is 16.1 Å². The van der Waals surface area contributed by atoms with Crippen LogP contribution in [0, 0.1) is 6.92 Å². The number of rotatable bonds is 3. The normalized spacial score (nSPS) is 10.7. The van der Waals surface area contributed by atoms with Gasteiger partial charge in [0.2, 0.25) is 0 Å². The zero-order valence-electron chi connectivity index (χ0n) is 12.2. The molecule has 0 fully saturated rings. The minimum Gasteiger partial charge on any atom is -0.497 e. The van der Waals surface area contributed by atoms with Crippen LogP contribution in [0.25, 0.3) is 10.9 Å². The van der Waals surface area contributed by atoms with Crippen molar-refractivity contribution in [2.24, 2.45) is 0 Å². The van der Waals surface area contributed by atoms with E-state index >= 15 is 0 Å². The zero-order valence-corrected chi connectivity index (χ0v) is 13.0. The van der Waals surface area contributed by atoms with Gasteiger partial charge in [0, 0.05) is 21.6 Å². The number of amides is 1. The van der Waals surface area contributed by atoms with Gasteiger partial charge in [0.25, 0.3) is 5.91 Å². The summed E-state index contributed by atoms with van der Waals surface area (Å²) in [4.78, 5) is 15.5. The van der Waals surface area contributed by atoms with E-state index in [0.29, 0.717) is 16.4 Å². The van der Waals surface area contributed by atoms with Gasteiger partial charge in [-0.05, 0) is 48.9 Å². The average molecular weight is 315 g/mol. The lowest BCUT2D eigenvalue weighted by Crippen LogP contribution is -2.13. The molecule has 0 radical (unpaired) electrons. The number of methoxy groups -OCH3 is 1. The number of hydrogen-bond donors (Lipinski definition) is 2. The summed E-state index contributed by atoms with van der Waals surface area (Å²) in [5.41, 5.74) is 2.92. The molecule has 1 amide bonds. The van der Waals surface area contributed by atoms with E-state index in [2.05, 4.69) is 10.3 Å². The molecule has 0 bridgehead atoms. The third kappa shape index (κ3) is 2.65. The number of fused-ring (bicyclic) bond motifs is 1. The molecule has 0 aliphatic heterocycles. The lowest BCUT2D eigenvalue weighted by atomic mass is 10.2. The van der Waals surface area contributed by atoms with E-state index in [4.69, 9.17) is 16.3 Å². The van der Waals surface area contributed by atoms with Crippen LogP contribution >= 0.6 is 11.6 Å². The fourth-order valence-electron chi connectivity index (χ4n) is 2.29. The van der Waals surface area contributed by atoms with Crippen LogP contribution < -0.4 is 10.1 Å². The predicted octanol–water partition coefficient (Wildman–Crippen LogP) is 4.39. The van der Waals surface area contributed by atoms with Crippen molar-refractivity contribution in [1.82, 2.24) is 4.98 Å². The van der Waals surface area contributed by atoms with Gasteiger partial charge in [-0.15, -0.1) is 0 Å². The molecule has 112 valence electrons. The molecule has 2 N–H and O–H groups in total. The minimum absolute atomic E-state index is 0.208. The molecule has 3 aromatic rings. The first kappa shape index (κ1) is 14.5. The van der Waals surface area contributed by atoms with Crippen LogP contribution in [0.3, 0.4) is 0 Å². The highest BCUT2D eigenvalue weighted by Gasteiger charge is 2.12. The molecule has 0 aliphatic rings. The predicted molar refractivity (Wildman–Crippen MR) is 89.0 cm³/mol. The van der Waals surface area contributed by atoms with Crippen LogP contribution in [0.5, 0.6) is 5.75 Å². The first-order valence-corrected chi connectivity index (χ1v) is 7.19. The van der Waals surface area contributed by atoms with Gasteiger partial charge in [-0.1, -0.05) is 17.7 Å². The van der Waals surface area contributed by atoms with Crippen molar-refractivity contribution in [3.63, 3.8) is 0 Å². The second kappa shape index (κ2) is 5.73. The monoisotopic (exact) mass is 314 g/mol. The van der Waals surface area contributed by atoms with E-state index in [-0.39, 0.29) is 5.91 Å². The molecule has 1 heterocycles. The number of benzene rings is 2. The number of halogens is 1. The zero-order chi connectivity index (χ0) is 15.7. The van der Waals surface area contributed by atoms with Gasteiger partial charge in [0.05, 0.1) is 7.11 Å². The number of hydrogen-bond acceptors (Lipinski definition) is 2. The lowest BCUT2D eigenvalue weighted by molar-refractivity contribution is 0.102. The summed E-state index contributed by atoms with van der Waals surface area (Å²) in [5.74, 6) is 0.546. The van der Waals surface area contributed by atoms with Crippen molar-refractivity contribution in [1.29, 1.82) is 0 Å². The maximum Gasteiger partial charge on any atom is 0.272 e. The van der Waals surface area contributed by atoms with Crippen molar-refractivity contribution in [2.75, 3.05) is 12.4 Å². The Labute approximate surface area is 133 Å². The largest absolute Gasteiger partial charge is 0.497 e. The third-order valence-corrected chi connectivity index (χ3v) is 4.00. The van der Waals surface area contributed by atoms with Crippen LogP contribution in [0.4, 0.5) is 5.69 Å². The minimum atomic E-state index is -0.208. The van der Waals surface area contributed by atoms with Gasteiger partial charge in [-0.25, -0.2) is 0 Å². The first-order chi connectivity index (χ1) is 10.6. The van der Waals surface area contributed by atoms with E-state index in [1.807, 2.05) is 31.2 Å². The Bertz CT molecular complexity index is 855. The van der Waals surface area contributed by atoms with Crippen LogP contribution in [-0.4, -0.2) is 18.0 Å². The van der Waals surface area contributed by atoms with Crippen LogP contribution in [0.15, 0.2) is 42.5 Å². The fourth-order valence-corrected chi connectivity index (χ4v) is 2.47. The topological polar surface area (TPSA) is 54.1 Å². The van der Waals surface area contributed by atoms with E-state index in [1.54, 1.807) is 25.3 Å². The van der Waals surface area contributed by atoms with E-state index in [0.717, 1.165) is 22.2 Å². The molecule has 3 rings (SSSR count). The molecular weight excluding hydrogens is 300 g/mol. The van der Waals surface area contributed by atoms with Crippen molar-refractivity contribution in [3.05, 3.63) is 58.7 Å². The van der Waals surface area contributed by atoms with Crippen molar-refractivity contribution < 1.29 is 9.53 Å². The summed E-state index contributed by atoms with van der Waals surface area (Å²) in [7, 11) is 1.61. The van der Waals surface area contributed by atoms with Crippen LogP contribution in [0.2, 0.25) is 5.02 Å². The third-order valence-electron chi connectivity index (χ3n) is 3.59. The van der Waals surface area contributed by atoms with Gasteiger partial charge in [0.1, 0.15) is 11.4 Å². The van der Waals surface area contributed by atoms with Gasteiger partial charge in [-0.2, -0.15) is 0 Å². The first-order valence-electron chi connectivity index (χ1n) is 6.81. The van der Waals surface area contributed by atoms with E-state index in [9.17, 15) is 4.79 Å². The Morgan fingerprint density at radius 2 is 2.05 bits per heavy atom. The van der Waals surface area contributed by atoms with Crippen molar-refractivity contribution in [2.45, 2.75) is 6.92 Å². The van der Waals surface area contributed by atoms with Crippen molar-refractivity contribution >= 4 is 34.1 Å². The quantitative estimate of drug-likeness (QED) is 0.753. The molecule has 2 aromatic carbocycles. The van der Waals surface area contributed by atoms with Gasteiger partial charge in [-0.3, -0.25) is 4.79 Å². The Kier molecular flexibility index (Phi) is 3.77. The van der Waals surface area contributed by atoms with Gasteiger partial charge in [0.15, 0.2) is 0 Å². The second-order valence-electron chi connectivity index (χ2n) is 5.00.